The second-order valence-corrected chi connectivity index (χ2v) is 5.97. The summed E-state index contributed by atoms with van der Waals surface area (Å²) < 4.78 is 5.82. The summed E-state index contributed by atoms with van der Waals surface area (Å²) in [6, 6.07) is 16.4. The van der Waals surface area contributed by atoms with Crippen molar-refractivity contribution in [3.05, 3.63) is 75.8 Å². The van der Waals surface area contributed by atoms with E-state index in [0.29, 0.717) is 5.57 Å². The first kappa shape index (κ1) is 12.9. The molecule has 2 N–H and O–H groups in total. The zero-order valence-electron chi connectivity index (χ0n) is 11.6. The number of hydrogen-bond acceptors (Lipinski definition) is 4. The number of fused-ring (bicyclic) bond motifs is 3. The van der Waals surface area contributed by atoms with Gasteiger partial charge in [-0.3, -0.25) is 0 Å². The van der Waals surface area contributed by atoms with Gasteiger partial charge < -0.3 is 10.5 Å². The molecule has 3 aromatic rings. The first-order chi connectivity index (χ1) is 10.8. The highest BCUT2D eigenvalue weighted by Gasteiger charge is 2.31. The molecule has 0 fully saturated rings. The maximum absolute atomic E-state index is 9.51. The van der Waals surface area contributed by atoms with Crippen molar-refractivity contribution >= 4 is 22.1 Å². The standard InChI is InChI=1S/C18H12N2OS/c19-9-15-16(12-7-8-22-10-12)14-6-5-11-3-1-2-4-13(11)17(14)21-18(15)20/h1-8,10,16H,20H2/t16-/m0/s1. The molecule has 2 heterocycles. The highest BCUT2D eigenvalue weighted by Crippen LogP contribution is 2.45. The van der Waals surface area contributed by atoms with E-state index in [2.05, 4.69) is 17.5 Å². The fourth-order valence-corrected chi connectivity index (χ4v) is 3.65. The summed E-state index contributed by atoms with van der Waals surface area (Å²) in [5.41, 5.74) is 8.57. The molecule has 4 heteroatoms. The van der Waals surface area contributed by atoms with Gasteiger partial charge in [0, 0.05) is 10.9 Å². The molecule has 0 spiro atoms. The second-order valence-electron chi connectivity index (χ2n) is 5.19. The maximum atomic E-state index is 9.51. The van der Waals surface area contributed by atoms with Crippen LogP contribution < -0.4 is 10.5 Å². The molecule has 0 saturated carbocycles. The molecule has 0 saturated heterocycles. The molecule has 1 aromatic heterocycles. The lowest BCUT2D eigenvalue weighted by Crippen LogP contribution is -2.20. The number of nitrogens with two attached hydrogens (primary N) is 1. The van der Waals surface area contributed by atoms with E-state index in [9.17, 15) is 5.26 Å². The highest BCUT2D eigenvalue weighted by molar-refractivity contribution is 7.08. The van der Waals surface area contributed by atoms with E-state index in [-0.39, 0.29) is 11.8 Å². The number of allylic oxidation sites excluding steroid dienone is 1. The van der Waals surface area contributed by atoms with Gasteiger partial charge in [0.1, 0.15) is 17.4 Å². The smallest absolute Gasteiger partial charge is 0.205 e. The van der Waals surface area contributed by atoms with Gasteiger partial charge in [-0.05, 0) is 27.8 Å². The van der Waals surface area contributed by atoms with Crippen LogP contribution in [0, 0.1) is 11.3 Å². The fraction of sp³-hybridized carbons (Fsp3) is 0.0556. The van der Waals surface area contributed by atoms with Crippen molar-refractivity contribution in [1.29, 1.82) is 5.26 Å². The predicted molar refractivity (Wildman–Crippen MR) is 87.6 cm³/mol. The number of benzene rings is 2. The quantitative estimate of drug-likeness (QED) is 0.735. The number of hydrogen-bond donors (Lipinski definition) is 1. The Morgan fingerprint density at radius 1 is 1.14 bits per heavy atom. The molecule has 0 aliphatic carbocycles. The molecule has 1 atom stereocenters. The van der Waals surface area contributed by atoms with Crippen LogP contribution >= 0.6 is 11.3 Å². The lowest BCUT2D eigenvalue weighted by Gasteiger charge is -2.26. The predicted octanol–water partition coefficient (Wildman–Crippen LogP) is 4.12. The minimum Gasteiger partial charge on any atom is -0.440 e. The molecule has 2 aromatic carbocycles. The number of rotatable bonds is 1. The molecule has 0 amide bonds. The maximum Gasteiger partial charge on any atom is 0.205 e. The summed E-state index contributed by atoms with van der Waals surface area (Å²) in [6.07, 6.45) is 0. The monoisotopic (exact) mass is 304 g/mol. The zero-order chi connectivity index (χ0) is 15.1. The van der Waals surface area contributed by atoms with Crippen LogP contribution in [0.15, 0.2) is 64.7 Å². The Bertz CT molecular complexity index is 935. The third kappa shape index (κ3) is 1.80. The molecule has 4 rings (SSSR count). The Labute approximate surface area is 131 Å². The third-order valence-electron chi connectivity index (χ3n) is 3.98. The summed E-state index contributed by atoms with van der Waals surface area (Å²) in [5.74, 6) is 0.790. The van der Waals surface area contributed by atoms with E-state index in [1.165, 1.54) is 0 Å². The average molecular weight is 304 g/mol. The van der Waals surface area contributed by atoms with Gasteiger partial charge >= 0.3 is 0 Å². The van der Waals surface area contributed by atoms with E-state index >= 15 is 0 Å². The van der Waals surface area contributed by atoms with Crippen LogP contribution in [0.3, 0.4) is 0 Å². The fourth-order valence-electron chi connectivity index (χ4n) is 2.97. The normalized spacial score (nSPS) is 17.0. The van der Waals surface area contributed by atoms with Crippen LogP contribution in [0.4, 0.5) is 0 Å². The van der Waals surface area contributed by atoms with Gasteiger partial charge in [0.2, 0.25) is 5.88 Å². The van der Waals surface area contributed by atoms with E-state index < -0.39 is 0 Å². The van der Waals surface area contributed by atoms with Gasteiger partial charge in [-0.15, -0.1) is 0 Å². The molecule has 106 valence electrons. The van der Waals surface area contributed by atoms with Crippen LogP contribution in [0.5, 0.6) is 5.75 Å². The van der Waals surface area contributed by atoms with Crippen molar-refractivity contribution < 1.29 is 4.74 Å². The van der Waals surface area contributed by atoms with Crippen molar-refractivity contribution in [3.63, 3.8) is 0 Å². The summed E-state index contributed by atoms with van der Waals surface area (Å²) in [6.45, 7) is 0. The summed E-state index contributed by atoms with van der Waals surface area (Å²) >= 11 is 1.61. The van der Waals surface area contributed by atoms with Crippen molar-refractivity contribution in [1.82, 2.24) is 0 Å². The number of nitrogens with zero attached hydrogens (tertiary/aromatic N) is 1. The number of nitriles is 1. The average Bonchev–Trinajstić information content (AvgIpc) is 3.07. The van der Waals surface area contributed by atoms with Crippen LogP contribution in [0.2, 0.25) is 0 Å². The first-order valence-corrected chi connectivity index (χ1v) is 7.85. The van der Waals surface area contributed by atoms with Crippen LogP contribution in [0.1, 0.15) is 17.0 Å². The van der Waals surface area contributed by atoms with Gasteiger partial charge in [0.05, 0.1) is 5.92 Å². The Morgan fingerprint density at radius 2 is 2.00 bits per heavy atom. The summed E-state index contributed by atoms with van der Waals surface area (Å²) in [7, 11) is 0. The summed E-state index contributed by atoms with van der Waals surface area (Å²) in [5, 5.41) is 15.7. The Hall–Kier alpha value is -2.77. The van der Waals surface area contributed by atoms with E-state index in [0.717, 1.165) is 27.6 Å². The van der Waals surface area contributed by atoms with Gasteiger partial charge in [0.15, 0.2) is 0 Å². The van der Waals surface area contributed by atoms with E-state index in [1.54, 1.807) is 11.3 Å². The second kappa shape index (κ2) is 4.90. The molecule has 1 aliphatic rings. The summed E-state index contributed by atoms with van der Waals surface area (Å²) in [4.78, 5) is 0. The van der Waals surface area contributed by atoms with E-state index in [1.807, 2.05) is 41.8 Å². The van der Waals surface area contributed by atoms with Crippen LogP contribution in [-0.2, 0) is 0 Å². The zero-order valence-corrected chi connectivity index (χ0v) is 12.4. The minimum atomic E-state index is -0.162. The Balaban J connectivity index is 2.04. The molecular weight excluding hydrogens is 292 g/mol. The number of ether oxygens (including phenoxy) is 1. The SMILES string of the molecule is N#CC1=C(N)Oc2c(ccc3ccccc23)[C@@H]1c1ccsc1. The largest absolute Gasteiger partial charge is 0.440 e. The van der Waals surface area contributed by atoms with Gasteiger partial charge in [-0.2, -0.15) is 16.6 Å². The van der Waals surface area contributed by atoms with Gasteiger partial charge in [-0.25, -0.2) is 0 Å². The first-order valence-electron chi connectivity index (χ1n) is 6.91. The van der Waals surface area contributed by atoms with Crippen molar-refractivity contribution in [2.24, 2.45) is 5.73 Å². The molecule has 0 unspecified atom stereocenters. The van der Waals surface area contributed by atoms with Crippen LogP contribution in [0.25, 0.3) is 10.8 Å². The van der Waals surface area contributed by atoms with Crippen molar-refractivity contribution in [2.45, 2.75) is 5.92 Å². The van der Waals surface area contributed by atoms with Crippen molar-refractivity contribution in [3.8, 4) is 11.8 Å². The topological polar surface area (TPSA) is 59.0 Å². The van der Waals surface area contributed by atoms with E-state index in [4.69, 9.17) is 10.5 Å². The Kier molecular flexibility index (Phi) is 2.88. The van der Waals surface area contributed by atoms with Crippen LogP contribution in [-0.4, -0.2) is 0 Å². The Morgan fingerprint density at radius 3 is 2.77 bits per heavy atom. The van der Waals surface area contributed by atoms with Gasteiger partial charge in [0.25, 0.3) is 0 Å². The molecule has 0 bridgehead atoms. The molecule has 1 aliphatic heterocycles. The molecule has 0 radical (unpaired) electrons. The lowest BCUT2D eigenvalue weighted by atomic mass is 9.84. The molecule has 3 nitrogen and oxygen atoms in total. The van der Waals surface area contributed by atoms with Gasteiger partial charge in [-0.1, -0.05) is 36.4 Å². The number of thiophene rings is 1. The lowest BCUT2D eigenvalue weighted by molar-refractivity contribution is 0.398. The highest BCUT2D eigenvalue weighted by atomic mass is 32.1. The third-order valence-corrected chi connectivity index (χ3v) is 4.69. The minimum absolute atomic E-state index is 0.162. The van der Waals surface area contributed by atoms with Crippen molar-refractivity contribution in [2.75, 3.05) is 0 Å². The molecule has 22 heavy (non-hydrogen) atoms. The molecular formula is C18H12N2OS.